The van der Waals surface area contributed by atoms with E-state index in [1.165, 1.54) is 24.2 Å². The third-order valence-electron chi connectivity index (χ3n) is 4.12. The highest BCUT2D eigenvalue weighted by atomic mass is 35.5. The van der Waals surface area contributed by atoms with Crippen molar-refractivity contribution in [2.45, 2.75) is 23.5 Å². The lowest BCUT2D eigenvalue weighted by molar-refractivity contribution is 0.182. The Bertz CT molecular complexity index is 576. The van der Waals surface area contributed by atoms with Crippen LogP contribution in [0.4, 0.5) is 0 Å². The number of nitrogens with zero attached hydrogens (tertiary/aromatic N) is 2. The molecule has 0 atom stereocenters. The van der Waals surface area contributed by atoms with Gasteiger partial charge in [-0.15, -0.1) is 22.9 Å². The van der Waals surface area contributed by atoms with Crippen LogP contribution < -0.4 is 0 Å². The van der Waals surface area contributed by atoms with Crippen LogP contribution >= 0.6 is 22.9 Å². The second-order valence-corrected chi connectivity index (χ2v) is 9.52. The average Bonchev–Trinajstić information content (AvgIpc) is 3.15. The van der Waals surface area contributed by atoms with Crippen LogP contribution in [0.25, 0.3) is 0 Å². The van der Waals surface area contributed by atoms with Gasteiger partial charge in [0, 0.05) is 43.5 Å². The molecule has 1 aliphatic carbocycles. The van der Waals surface area contributed by atoms with Gasteiger partial charge in [-0.05, 0) is 37.3 Å². The summed E-state index contributed by atoms with van der Waals surface area (Å²) in [5.41, 5.74) is 0. The standard InChI is InChI=1S/C14H21ClN2O2S2/c15-6-5-13-3-4-14(20-13)21(18,19)17-9-7-16(8-10-17)11-12-1-2-12/h3-4,12H,1-2,5-11H2. The molecule has 4 nitrogen and oxygen atoms in total. The maximum atomic E-state index is 12.6. The minimum Gasteiger partial charge on any atom is -0.300 e. The van der Waals surface area contributed by atoms with Crippen molar-refractivity contribution in [2.75, 3.05) is 38.6 Å². The maximum absolute atomic E-state index is 12.6. The minimum absolute atomic E-state index is 0.457. The van der Waals surface area contributed by atoms with Crippen molar-refractivity contribution in [1.82, 2.24) is 9.21 Å². The number of rotatable bonds is 6. The van der Waals surface area contributed by atoms with Gasteiger partial charge in [-0.3, -0.25) is 0 Å². The molecule has 1 saturated carbocycles. The predicted octanol–water partition coefficient (Wildman–Crippen LogP) is 2.25. The van der Waals surface area contributed by atoms with Gasteiger partial charge in [-0.25, -0.2) is 8.42 Å². The van der Waals surface area contributed by atoms with Gasteiger partial charge in [0.05, 0.1) is 0 Å². The molecule has 2 fully saturated rings. The molecule has 0 amide bonds. The lowest BCUT2D eigenvalue weighted by Crippen LogP contribution is -2.48. The molecule has 0 radical (unpaired) electrons. The lowest BCUT2D eigenvalue weighted by Gasteiger charge is -2.33. The Balaban J connectivity index is 1.61. The number of sulfonamides is 1. The van der Waals surface area contributed by atoms with E-state index in [-0.39, 0.29) is 0 Å². The fourth-order valence-corrected chi connectivity index (χ4v) is 5.92. The van der Waals surface area contributed by atoms with Gasteiger partial charge in [0.25, 0.3) is 10.0 Å². The zero-order chi connectivity index (χ0) is 14.9. The highest BCUT2D eigenvalue weighted by molar-refractivity contribution is 7.91. The van der Waals surface area contributed by atoms with Crippen LogP contribution in [0.2, 0.25) is 0 Å². The van der Waals surface area contributed by atoms with Crippen LogP contribution in [-0.4, -0.2) is 56.2 Å². The average molecular weight is 349 g/mol. The van der Waals surface area contributed by atoms with Gasteiger partial charge in [0.1, 0.15) is 4.21 Å². The summed E-state index contributed by atoms with van der Waals surface area (Å²) in [6, 6.07) is 3.60. The van der Waals surface area contributed by atoms with E-state index >= 15 is 0 Å². The van der Waals surface area contributed by atoms with E-state index in [4.69, 9.17) is 11.6 Å². The zero-order valence-electron chi connectivity index (χ0n) is 12.0. The van der Waals surface area contributed by atoms with Crippen LogP contribution in [-0.2, 0) is 16.4 Å². The number of aryl methyl sites for hydroxylation is 1. The molecule has 0 bridgehead atoms. The summed E-state index contributed by atoms with van der Waals surface area (Å²) in [5, 5.41) is 0. The van der Waals surface area contributed by atoms with E-state index in [0.717, 1.165) is 36.9 Å². The highest BCUT2D eigenvalue weighted by Gasteiger charge is 2.31. The van der Waals surface area contributed by atoms with Gasteiger partial charge >= 0.3 is 0 Å². The predicted molar refractivity (Wildman–Crippen MR) is 86.7 cm³/mol. The fourth-order valence-electron chi connectivity index (χ4n) is 2.67. The molecule has 1 saturated heterocycles. The quantitative estimate of drug-likeness (QED) is 0.740. The first kappa shape index (κ1) is 15.7. The Kier molecular flexibility index (Phi) is 4.90. The number of halogens is 1. The first-order chi connectivity index (χ1) is 10.1. The van der Waals surface area contributed by atoms with E-state index in [9.17, 15) is 8.42 Å². The topological polar surface area (TPSA) is 40.6 Å². The van der Waals surface area contributed by atoms with Crippen LogP contribution in [0.15, 0.2) is 16.3 Å². The molecule has 0 unspecified atom stereocenters. The van der Waals surface area contributed by atoms with Crippen molar-refractivity contribution in [3.05, 3.63) is 17.0 Å². The Morgan fingerprint density at radius 3 is 2.52 bits per heavy atom. The lowest BCUT2D eigenvalue weighted by atomic mass is 10.3. The molecule has 1 aromatic heterocycles. The largest absolute Gasteiger partial charge is 0.300 e. The molecule has 0 N–H and O–H groups in total. The summed E-state index contributed by atoms with van der Waals surface area (Å²) in [6.45, 7) is 4.08. The van der Waals surface area contributed by atoms with Crippen molar-refractivity contribution >= 4 is 33.0 Å². The Hall–Kier alpha value is -0.140. The molecule has 3 rings (SSSR count). The Morgan fingerprint density at radius 1 is 1.19 bits per heavy atom. The molecular formula is C14H21ClN2O2S2. The van der Waals surface area contributed by atoms with Crippen LogP contribution in [0.1, 0.15) is 17.7 Å². The van der Waals surface area contributed by atoms with Gasteiger partial charge in [-0.2, -0.15) is 4.31 Å². The molecule has 1 aliphatic heterocycles. The van der Waals surface area contributed by atoms with Crippen LogP contribution in [0.3, 0.4) is 0 Å². The zero-order valence-corrected chi connectivity index (χ0v) is 14.4. The van der Waals surface area contributed by atoms with E-state index < -0.39 is 10.0 Å². The summed E-state index contributed by atoms with van der Waals surface area (Å²) in [4.78, 5) is 3.44. The van der Waals surface area contributed by atoms with Gasteiger partial charge in [0.15, 0.2) is 0 Å². The van der Waals surface area contributed by atoms with Crippen molar-refractivity contribution < 1.29 is 8.42 Å². The molecule has 21 heavy (non-hydrogen) atoms. The summed E-state index contributed by atoms with van der Waals surface area (Å²) in [7, 11) is -3.31. The first-order valence-corrected chi connectivity index (χ1v) is 10.3. The van der Waals surface area contributed by atoms with E-state index in [2.05, 4.69) is 4.90 Å². The Labute approximate surface area is 135 Å². The number of hydrogen-bond donors (Lipinski definition) is 0. The monoisotopic (exact) mass is 348 g/mol. The third-order valence-corrected chi connectivity index (χ3v) is 7.82. The second kappa shape index (κ2) is 6.54. The number of thiophene rings is 1. The summed E-state index contributed by atoms with van der Waals surface area (Å²) >= 11 is 7.06. The molecule has 7 heteroatoms. The Morgan fingerprint density at radius 2 is 1.90 bits per heavy atom. The molecule has 118 valence electrons. The van der Waals surface area contributed by atoms with Crippen molar-refractivity contribution in [3.63, 3.8) is 0 Å². The van der Waals surface area contributed by atoms with E-state index in [1.54, 1.807) is 10.4 Å². The molecular weight excluding hydrogens is 328 g/mol. The second-order valence-electron chi connectivity index (χ2n) is 5.81. The molecule has 2 heterocycles. The number of hydrogen-bond acceptors (Lipinski definition) is 4. The van der Waals surface area contributed by atoms with Crippen LogP contribution in [0, 0.1) is 5.92 Å². The number of piperazine rings is 1. The van der Waals surface area contributed by atoms with Crippen molar-refractivity contribution in [3.8, 4) is 0 Å². The van der Waals surface area contributed by atoms with Crippen LogP contribution in [0.5, 0.6) is 0 Å². The smallest absolute Gasteiger partial charge is 0.252 e. The minimum atomic E-state index is -3.31. The van der Waals surface area contributed by atoms with E-state index in [0.29, 0.717) is 23.2 Å². The molecule has 2 aliphatic rings. The van der Waals surface area contributed by atoms with Gasteiger partial charge in [-0.1, -0.05) is 0 Å². The van der Waals surface area contributed by atoms with Gasteiger partial charge in [0.2, 0.25) is 0 Å². The van der Waals surface area contributed by atoms with Crippen molar-refractivity contribution in [1.29, 1.82) is 0 Å². The fraction of sp³-hybridized carbons (Fsp3) is 0.714. The SMILES string of the molecule is O=S(=O)(c1ccc(CCCl)s1)N1CCN(CC2CC2)CC1. The molecule has 1 aromatic rings. The summed E-state index contributed by atoms with van der Waals surface area (Å²) in [6.07, 6.45) is 3.42. The summed E-state index contributed by atoms with van der Waals surface area (Å²) in [5.74, 6) is 1.39. The third kappa shape index (κ3) is 3.79. The molecule has 0 spiro atoms. The number of alkyl halides is 1. The maximum Gasteiger partial charge on any atom is 0.252 e. The first-order valence-electron chi connectivity index (χ1n) is 7.47. The summed E-state index contributed by atoms with van der Waals surface area (Å²) < 4.78 is 27.4. The van der Waals surface area contributed by atoms with Gasteiger partial charge < -0.3 is 4.90 Å². The molecule has 0 aromatic carbocycles. The van der Waals surface area contributed by atoms with Crippen molar-refractivity contribution in [2.24, 2.45) is 5.92 Å². The highest BCUT2D eigenvalue weighted by Crippen LogP contribution is 2.31. The normalized spacial score (nSPS) is 21.8. The van der Waals surface area contributed by atoms with E-state index in [1.807, 2.05) is 6.07 Å².